The maximum Gasteiger partial charge on any atom is 0.309 e. The van der Waals surface area contributed by atoms with Gasteiger partial charge >= 0.3 is 5.97 Å². The lowest BCUT2D eigenvalue weighted by Crippen LogP contribution is -2.26. The molecule has 4 unspecified atom stereocenters. The minimum atomic E-state index is -0.0798. The molecule has 1 aliphatic carbocycles. The van der Waals surface area contributed by atoms with E-state index in [1.54, 1.807) is 0 Å². The van der Waals surface area contributed by atoms with Crippen molar-refractivity contribution in [3.63, 3.8) is 0 Å². The monoisotopic (exact) mass is 244 g/mol. The van der Waals surface area contributed by atoms with Crippen LogP contribution in [-0.2, 0) is 9.53 Å². The van der Waals surface area contributed by atoms with Crippen molar-refractivity contribution in [1.82, 2.24) is 0 Å². The van der Waals surface area contributed by atoms with Crippen LogP contribution in [0.25, 0.3) is 0 Å². The molecule has 4 atom stereocenters. The maximum atomic E-state index is 11.4. The van der Waals surface area contributed by atoms with Crippen molar-refractivity contribution in [2.24, 2.45) is 11.8 Å². The summed E-state index contributed by atoms with van der Waals surface area (Å²) in [6.45, 7) is 6.45. The molecular formula is C13H24O2S. The molecule has 0 aromatic rings. The van der Waals surface area contributed by atoms with Crippen molar-refractivity contribution in [2.45, 2.75) is 57.0 Å². The van der Waals surface area contributed by atoms with Crippen LogP contribution in [0.5, 0.6) is 0 Å². The molecule has 94 valence electrons. The number of ether oxygens (including phenoxy) is 1. The average molecular weight is 244 g/mol. The quantitative estimate of drug-likeness (QED) is 0.708. The largest absolute Gasteiger partial charge is 0.469 e. The second-order valence-corrected chi connectivity index (χ2v) is 6.73. The van der Waals surface area contributed by atoms with Crippen LogP contribution in [0.15, 0.2) is 0 Å². The molecule has 0 saturated heterocycles. The van der Waals surface area contributed by atoms with Crippen molar-refractivity contribution >= 4 is 17.7 Å². The predicted molar refractivity (Wildman–Crippen MR) is 69.7 cm³/mol. The summed E-state index contributed by atoms with van der Waals surface area (Å²) in [6, 6.07) is 0. The highest BCUT2D eigenvalue weighted by Gasteiger charge is 2.26. The smallest absolute Gasteiger partial charge is 0.309 e. The number of methoxy groups -OCH3 is 1. The van der Waals surface area contributed by atoms with Gasteiger partial charge in [0.25, 0.3) is 0 Å². The Balaban J connectivity index is 2.37. The Morgan fingerprint density at radius 1 is 1.38 bits per heavy atom. The second-order valence-electron chi connectivity index (χ2n) is 5.05. The zero-order valence-electron chi connectivity index (χ0n) is 10.9. The number of thioether (sulfide) groups is 1. The lowest BCUT2D eigenvalue weighted by molar-refractivity contribution is -0.144. The normalized spacial score (nSPS) is 29.5. The minimum Gasteiger partial charge on any atom is -0.469 e. The Bertz CT molecular complexity index is 230. The summed E-state index contributed by atoms with van der Waals surface area (Å²) >= 11 is 1.98. The first-order valence-electron chi connectivity index (χ1n) is 6.27. The molecule has 0 aromatic carbocycles. The fourth-order valence-corrected chi connectivity index (χ4v) is 4.00. The van der Waals surface area contributed by atoms with Gasteiger partial charge in [-0.1, -0.05) is 33.6 Å². The van der Waals surface area contributed by atoms with Crippen molar-refractivity contribution in [1.29, 1.82) is 0 Å². The van der Waals surface area contributed by atoms with Crippen molar-refractivity contribution in [2.75, 3.05) is 7.11 Å². The van der Waals surface area contributed by atoms with Gasteiger partial charge in [0, 0.05) is 10.5 Å². The molecule has 1 rings (SSSR count). The zero-order chi connectivity index (χ0) is 12.1. The minimum absolute atomic E-state index is 0.00670. The highest BCUT2D eigenvalue weighted by Crippen LogP contribution is 2.36. The van der Waals surface area contributed by atoms with Gasteiger partial charge in [0.2, 0.25) is 0 Å². The fraction of sp³-hybridized carbons (Fsp3) is 0.923. The van der Waals surface area contributed by atoms with Gasteiger partial charge in [0.15, 0.2) is 0 Å². The molecule has 0 aliphatic heterocycles. The fourth-order valence-electron chi connectivity index (χ4n) is 2.30. The van der Waals surface area contributed by atoms with E-state index in [0.29, 0.717) is 5.25 Å². The van der Waals surface area contributed by atoms with Crippen LogP contribution in [0.1, 0.15) is 46.5 Å². The number of carbonyl (C=O) groups is 1. The summed E-state index contributed by atoms with van der Waals surface area (Å²) in [6.07, 6.45) is 5.34. The zero-order valence-corrected chi connectivity index (χ0v) is 11.7. The Labute approximate surface area is 104 Å². The number of rotatable bonds is 4. The third-order valence-corrected chi connectivity index (χ3v) is 5.22. The van der Waals surface area contributed by atoms with Crippen LogP contribution in [0, 0.1) is 11.8 Å². The van der Waals surface area contributed by atoms with Crippen LogP contribution < -0.4 is 0 Å². The van der Waals surface area contributed by atoms with E-state index in [1.165, 1.54) is 32.8 Å². The van der Waals surface area contributed by atoms with Crippen molar-refractivity contribution in [3.05, 3.63) is 0 Å². The molecule has 16 heavy (non-hydrogen) atoms. The van der Waals surface area contributed by atoms with E-state index in [1.807, 2.05) is 18.7 Å². The Morgan fingerprint density at radius 3 is 2.62 bits per heavy atom. The van der Waals surface area contributed by atoms with Crippen LogP contribution in [0.4, 0.5) is 0 Å². The summed E-state index contributed by atoms with van der Waals surface area (Å²) < 4.78 is 4.79. The molecule has 1 saturated carbocycles. The van der Waals surface area contributed by atoms with E-state index in [0.717, 1.165) is 11.2 Å². The Hall–Kier alpha value is -0.180. The van der Waals surface area contributed by atoms with Crippen molar-refractivity contribution in [3.8, 4) is 0 Å². The summed E-state index contributed by atoms with van der Waals surface area (Å²) in [5.74, 6) is 0.781. The van der Waals surface area contributed by atoms with E-state index in [9.17, 15) is 4.79 Å². The highest BCUT2D eigenvalue weighted by atomic mass is 32.2. The molecule has 0 radical (unpaired) electrons. The van der Waals surface area contributed by atoms with Crippen LogP contribution in [-0.4, -0.2) is 23.6 Å². The topological polar surface area (TPSA) is 26.3 Å². The summed E-state index contributed by atoms with van der Waals surface area (Å²) in [4.78, 5) is 11.4. The predicted octanol–water partition coefficient (Wildman–Crippen LogP) is 3.50. The number of esters is 1. The molecule has 0 spiro atoms. The molecule has 2 nitrogen and oxygen atoms in total. The molecule has 0 N–H and O–H groups in total. The van der Waals surface area contributed by atoms with Crippen LogP contribution in [0.2, 0.25) is 0 Å². The Morgan fingerprint density at radius 2 is 2.06 bits per heavy atom. The summed E-state index contributed by atoms with van der Waals surface area (Å²) in [5, 5.41) is 1.11. The average Bonchev–Trinajstić information content (AvgIpc) is 2.27. The number of carbonyl (C=O) groups excluding carboxylic acids is 1. The molecule has 0 heterocycles. The molecule has 0 aromatic heterocycles. The molecule has 3 heteroatoms. The van der Waals surface area contributed by atoms with Crippen LogP contribution >= 0.6 is 11.8 Å². The van der Waals surface area contributed by atoms with Crippen LogP contribution in [0.3, 0.4) is 0 Å². The first-order valence-corrected chi connectivity index (χ1v) is 7.22. The second kappa shape index (κ2) is 6.53. The standard InChI is InChI=1S/C13H24O2S/c1-9-6-5-7-12(8-9)16-11(3)10(2)13(14)15-4/h9-12H,5-8H2,1-4H3. The van der Waals surface area contributed by atoms with Gasteiger partial charge in [-0.25, -0.2) is 0 Å². The van der Waals surface area contributed by atoms with Crippen molar-refractivity contribution < 1.29 is 9.53 Å². The lowest BCUT2D eigenvalue weighted by Gasteiger charge is -2.29. The van der Waals surface area contributed by atoms with E-state index < -0.39 is 0 Å². The van der Waals surface area contributed by atoms with E-state index in [4.69, 9.17) is 4.74 Å². The van der Waals surface area contributed by atoms with E-state index in [2.05, 4.69) is 13.8 Å². The lowest BCUT2D eigenvalue weighted by atomic mass is 9.90. The first-order chi connectivity index (χ1) is 7.54. The molecule has 1 aliphatic rings. The van der Waals surface area contributed by atoms with Gasteiger partial charge in [-0.2, -0.15) is 11.8 Å². The first kappa shape index (κ1) is 13.9. The highest BCUT2D eigenvalue weighted by molar-refractivity contribution is 8.00. The van der Waals surface area contributed by atoms with Gasteiger partial charge in [-0.15, -0.1) is 0 Å². The molecule has 0 bridgehead atoms. The third-order valence-electron chi connectivity index (χ3n) is 3.57. The maximum absolute atomic E-state index is 11.4. The van der Waals surface area contributed by atoms with E-state index >= 15 is 0 Å². The molecular weight excluding hydrogens is 220 g/mol. The summed E-state index contributed by atoms with van der Waals surface area (Å²) in [5.41, 5.74) is 0. The molecule has 0 amide bonds. The van der Waals surface area contributed by atoms with Gasteiger partial charge in [0.05, 0.1) is 13.0 Å². The van der Waals surface area contributed by atoms with Gasteiger partial charge in [-0.3, -0.25) is 4.79 Å². The SMILES string of the molecule is COC(=O)C(C)C(C)SC1CCCC(C)C1. The number of hydrogen-bond acceptors (Lipinski definition) is 3. The van der Waals surface area contributed by atoms with Gasteiger partial charge in [-0.05, 0) is 18.8 Å². The third kappa shape index (κ3) is 4.00. The molecule has 1 fully saturated rings. The Kier molecular flexibility index (Phi) is 5.67. The van der Waals surface area contributed by atoms with Gasteiger partial charge < -0.3 is 4.74 Å². The number of hydrogen-bond donors (Lipinski definition) is 0. The summed E-state index contributed by atoms with van der Waals surface area (Å²) in [7, 11) is 1.47. The van der Waals surface area contributed by atoms with Gasteiger partial charge in [0.1, 0.15) is 0 Å². The van der Waals surface area contributed by atoms with E-state index in [-0.39, 0.29) is 11.9 Å².